The van der Waals surface area contributed by atoms with Gasteiger partial charge in [-0.05, 0) is 11.1 Å². The molecule has 2 aromatic carbocycles. The van der Waals surface area contributed by atoms with Gasteiger partial charge in [0.2, 0.25) is 0 Å². The number of benzene rings is 2. The summed E-state index contributed by atoms with van der Waals surface area (Å²) in [6, 6.07) is 21.7. The quantitative estimate of drug-likeness (QED) is 0.730. The van der Waals surface area contributed by atoms with Crippen molar-refractivity contribution in [3.05, 3.63) is 94.8 Å². The Balaban J connectivity index is 2.05. The molecule has 2 aromatic rings. The summed E-state index contributed by atoms with van der Waals surface area (Å²) in [5.41, 5.74) is 5.19. The minimum Gasteiger partial charge on any atom is -0.0965 e. The topological polar surface area (TPSA) is 0 Å². The molecule has 0 N–H and O–H groups in total. The van der Waals surface area contributed by atoms with Crippen LogP contribution in [0.4, 0.5) is 0 Å². The highest BCUT2D eigenvalue weighted by Crippen LogP contribution is 2.32. The fourth-order valence-electron chi connectivity index (χ4n) is 2.59. The first-order chi connectivity index (χ1) is 8.95. The van der Waals surface area contributed by atoms with Crippen LogP contribution in [-0.2, 0) is 0 Å². The van der Waals surface area contributed by atoms with Crippen LogP contribution in [0, 0.1) is 0 Å². The van der Waals surface area contributed by atoms with E-state index in [9.17, 15) is 0 Å². The summed E-state index contributed by atoms with van der Waals surface area (Å²) < 4.78 is 0. The molecule has 88 valence electrons. The molecule has 0 aromatic heterocycles. The van der Waals surface area contributed by atoms with Crippen LogP contribution in [0.3, 0.4) is 0 Å². The van der Waals surface area contributed by atoms with Gasteiger partial charge in [0.25, 0.3) is 0 Å². The van der Waals surface area contributed by atoms with Crippen molar-refractivity contribution in [2.45, 2.75) is 5.92 Å². The van der Waals surface area contributed by atoms with Crippen molar-refractivity contribution in [1.82, 2.24) is 0 Å². The lowest BCUT2D eigenvalue weighted by Crippen LogP contribution is -2.07. The lowest BCUT2D eigenvalue weighted by molar-refractivity contribution is 1.00. The second kappa shape index (κ2) is 5.19. The molecule has 18 heavy (non-hydrogen) atoms. The molecule has 1 aliphatic heterocycles. The van der Waals surface area contributed by atoms with Gasteiger partial charge in [-0.1, -0.05) is 83.7 Å². The lowest BCUT2D eigenvalue weighted by atomic mass is 9.90. The second-order valence-electron chi connectivity index (χ2n) is 4.63. The van der Waals surface area contributed by atoms with Crippen LogP contribution in [0.15, 0.2) is 83.7 Å². The van der Waals surface area contributed by atoms with Gasteiger partial charge in [-0.3, -0.25) is 0 Å². The summed E-state index contributed by atoms with van der Waals surface area (Å²) in [4.78, 5) is 0. The first-order valence-electron chi connectivity index (χ1n) is 6.40. The van der Waals surface area contributed by atoms with Crippen molar-refractivity contribution < 1.29 is 0 Å². The molecule has 1 heterocycles. The van der Waals surface area contributed by atoms with E-state index >= 15 is 0 Å². The lowest BCUT2D eigenvalue weighted by Gasteiger charge is -2.19. The summed E-state index contributed by atoms with van der Waals surface area (Å²) in [5.74, 6) is 0.453. The molecular weight excluding hydrogens is 232 g/mol. The summed E-state index contributed by atoms with van der Waals surface area (Å²) in [5, 5.41) is 1.62. The zero-order valence-corrected chi connectivity index (χ0v) is 11.7. The molecular formula is C17H16Si. The maximum atomic E-state index is 2.37. The Morgan fingerprint density at radius 1 is 0.722 bits per heavy atom. The zero-order chi connectivity index (χ0) is 12.2. The van der Waals surface area contributed by atoms with Crippen LogP contribution in [0.2, 0.25) is 0 Å². The van der Waals surface area contributed by atoms with E-state index in [0.29, 0.717) is 5.92 Å². The number of rotatable bonds is 3. The predicted octanol–water partition coefficient (Wildman–Crippen LogP) is 3.40. The summed E-state index contributed by atoms with van der Waals surface area (Å²) >= 11 is 0. The first-order valence-corrected chi connectivity index (χ1v) is 7.93. The molecule has 0 radical (unpaired) electrons. The van der Waals surface area contributed by atoms with Crippen molar-refractivity contribution in [3.8, 4) is 0 Å². The van der Waals surface area contributed by atoms with E-state index < -0.39 is 0 Å². The van der Waals surface area contributed by atoms with E-state index in [4.69, 9.17) is 0 Å². The molecule has 0 saturated heterocycles. The van der Waals surface area contributed by atoms with Gasteiger partial charge in [0.1, 0.15) is 0 Å². The van der Waals surface area contributed by atoms with Crippen LogP contribution < -0.4 is 0 Å². The highest BCUT2D eigenvalue weighted by Gasteiger charge is 2.18. The normalized spacial score (nSPS) is 15.3. The molecule has 0 fully saturated rings. The van der Waals surface area contributed by atoms with Crippen LogP contribution >= 0.6 is 0 Å². The Labute approximate surface area is 111 Å². The Morgan fingerprint density at radius 2 is 1.28 bits per heavy atom. The van der Waals surface area contributed by atoms with Gasteiger partial charge >= 0.3 is 0 Å². The Bertz CT molecular complexity index is 528. The Morgan fingerprint density at radius 3 is 1.72 bits per heavy atom. The predicted molar refractivity (Wildman–Crippen MR) is 80.5 cm³/mol. The van der Waals surface area contributed by atoms with Crippen molar-refractivity contribution in [3.63, 3.8) is 0 Å². The first kappa shape index (κ1) is 11.2. The Hall–Kier alpha value is -1.86. The van der Waals surface area contributed by atoms with E-state index in [0.717, 1.165) is 0 Å². The van der Waals surface area contributed by atoms with Crippen molar-refractivity contribution in [2.75, 3.05) is 0 Å². The highest BCUT2D eigenvalue weighted by atomic mass is 28.2. The van der Waals surface area contributed by atoms with Crippen molar-refractivity contribution in [2.24, 2.45) is 0 Å². The highest BCUT2D eigenvalue weighted by molar-refractivity contribution is 6.53. The number of hydrogen-bond donors (Lipinski definition) is 0. The van der Waals surface area contributed by atoms with Gasteiger partial charge in [0, 0.05) is 5.92 Å². The summed E-state index contributed by atoms with van der Waals surface area (Å²) in [6.45, 7) is 0. The van der Waals surface area contributed by atoms with Gasteiger partial charge in [-0.25, -0.2) is 0 Å². The molecule has 0 saturated carbocycles. The molecule has 0 spiro atoms. The van der Waals surface area contributed by atoms with E-state index in [1.165, 1.54) is 11.1 Å². The van der Waals surface area contributed by atoms with Gasteiger partial charge in [0.15, 0.2) is 0 Å². The van der Waals surface area contributed by atoms with E-state index in [-0.39, 0.29) is 9.52 Å². The smallest absolute Gasteiger partial charge is 0.0744 e. The largest absolute Gasteiger partial charge is 0.0965 e. The van der Waals surface area contributed by atoms with Crippen LogP contribution in [0.1, 0.15) is 17.0 Å². The maximum absolute atomic E-state index is 2.37. The fourth-order valence-corrected chi connectivity index (χ4v) is 4.11. The average Bonchev–Trinajstić information content (AvgIpc) is 2.95. The monoisotopic (exact) mass is 248 g/mol. The van der Waals surface area contributed by atoms with Crippen LogP contribution in [0.5, 0.6) is 0 Å². The third-order valence-corrected chi connectivity index (χ3v) is 5.06. The van der Waals surface area contributed by atoms with Crippen LogP contribution in [0.25, 0.3) is 0 Å². The average molecular weight is 248 g/mol. The minimum atomic E-state index is -0.197. The molecule has 0 amide bonds. The summed E-state index contributed by atoms with van der Waals surface area (Å²) in [7, 11) is -0.197. The molecule has 1 aliphatic rings. The van der Waals surface area contributed by atoms with Gasteiger partial charge in [-0.2, -0.15) is 0 Å². The third-order valence-electron chi connectivity index (χ3n) is 3.44. The maximum Gasteiger partial charge on any atom is 0.0744 e. The van der Waals surface area contributed by atoms with E-state index in [2.05, 4.69) is 78.5 Å². The molecule has 0 unspecified atom stereocenters. The standard InChI is InChI=1S/C17H16Si/c1-3-8-14(9-4-1)17(16-12-7-13-18-16)15-10-5-2-6-11-15/h1-13,17H,18H2. The zero-order valence-electron chi connectivity index (χ0n) is 10.3. The molecule has 0 aliphatic carbocycles. The summed E-state index contributed by atoms with van der Waals surface area (Å²) in [6.07, 6.45) is 4.54. The molecule has 0 atom stereocenters. The van der Waals surface area contributed by atoms with E-state index in [1.807, 2.05) is 0 Å². The molecule has 1 heteroatoms. The van der Waals surface area contributed by atoms with Gasteiger partial charge < -0.3 is 0 Å². The van der Waals surface area contributed by atoms with Gasteiger partial charge in [-0.15, -0.1) is 0 Å². The van der Waals surface area contributed by atoms with E-state index in [1.54, 1.807) is 5.20 Å². The van der Waals surface area contributed by atoms with Crippen LogP contribution in [-0.4, -0.2) is 9.52 Å². The van der Waals surface area contributed by atoms with Crippen molar-refractivity contribution in [1.29, 1.82) is 0 Å². The molecule has 0 bridgehead atoms. The second-order valence-corrected chi connectivity index (χ2v) is 6.32. The number of hydrogen-bond acceptors (Lipinski definition) is 0. The fraction of sp³-hybridized carbons (Fsp3) is 0.0588. The number of allylic oxidation sites excluding steroid dienone is 3. The molecule has 0 nitrogen and oxygen atoms in total. The molecule has 3 rings (SSSR count). The Kier molecular flexibility index (Phi) is 3.24. The third kappa shape index (κ3) is 2.22. The minimum absolute atomic E-state index is 0.197. The SMILES string of the molecule is C1=C[SiH2]C(C(c2ccccc2)c2ccccc2)=C1. The van der Waals surface area contributed by atoms with Crippen molar-refractivity contribution >= 4 is 9.52 Å². The van der Waals surface area contributed by atoms with Gasteiger partial charge in [0.05, 0.1) is 9.52 Å².